The van der Waals surface area contributed by atoms with E-state index in [-0.39, 0.29) is 24.9 Å². The van der Waals surface area contributed by atoms with Gasteiger partial charge < -0.3 is 20.3 Å². The number of esters is 1. The van der Waals surface area contributed by atoms with Crippen LogP contribution in [0.25, 0.3) is 0 Å². The van der Waals surface area contributed by atoms with Gasteiger partial charge in [-0.2, -0.15) is 0 Å². The molecular weight excluding hydrogens is 803 g/mol. The Balaban J connectivity index is 4.59. The van der Waals surface area contributed by atoms with Crippen LogP contribution >= 0.6 is 0 Å². The molecule has 0 fully saturated rings. The van der Waals surface area contributed by atoms with Crippen molar-refractivity contribution in [3.05, 3.63) is 72.9 Å². The van der Waals surface area contributed by atoms with Crippen molar-refractivity contribution in [2.24, 2.45) is 0 Å². The molecule has 0 radical (unpaired) electrons. The van der Waals surface area contributed by atoms with E-state index in [4.69, 9.17) is 4.74 Å². The molecule has 1 amide bonds. The quantitative estimate of drug-likeness (QED) is 0.0245. The lowest BCUT2D eigenvalue weighted by molar-refractivity contribution is -0.151. The van der Waals surface area contributed by atoms with Crippen LogP contribution < -0.4 is 5.32 Å². The monoisotopic (exact) mass is 908 g/mol. The first-order valence-electron chi connectivity index (χ1n) is 27.7. The second-order valence-corrected chi connectivity index (χ2v) is 18.7. The highest BCUT2D eigenvalue weighted by Gasteiger charge is 2.24. The number of allylic oxidation sites excluding steroid dienone is 12. The molecule has 0 rings (SSSR count). The molecule has 0 aliphatic heterocycles. The summed E-state index contributed by atoms with van der Waals surface area (Å²) in [5.74, 6) is -0.545. The Hall–Kier alpha value is -2.70. The maximum atomic E-state index is 13.2. The number of carbonyl (C=O) groups excluding carboxylic acids is 2. The highest BCUT2D eigenvalue weighted by molar-refractivity contribution is 5.77. The van der Waals surface area contributed by atoms with Gasteiger partial charge in [0.15, 0.2) is 0 Å². The van der Waals surface area contributed by atoms with E-state index in [1.165, 1.54) is 161 Å². The van der Waals surface area contributed by atoms with E-state index in [2.05, 4.69) is 50.4 Å². The summed E-state index contributed by atoms with van der Waals surface area (Å²) in [7, 11) is 0. The normalized spacial score (nSPS) is 13.7. The van der Waals surface area contributed by atoms with Gasteiger partial charge in [-0.05, 0) is 64.2 Å². The Morgan fingerprint density at radius 1 is 0.462 bits per heavy atom. The van der Waals surface area contributed by atoms with Gasteiger partial charge in [-0.3, -0.25) is 9.59 Å². The standard InChI is InChI=1S/C59H105NO5/c1-4-7-10-13-16-19-22-25-27-28-29-30-31-34-37-40-43-46-49-52-59(64)65-55(50-47-44-41-38-35-32-24-21-18-15-12-9-6-3)53-58(63)60-56(54-61)57(62)51-48-45-42-39-36-33-26-23-20-17-14-11-8-5-2/h9,12,15,18,21,24-25,27,32,35,38,41,55-57,61-62H,4-8,10-11,13-14,16-17,19-20,22-23,26,28-31,33-34,36-37,39-40,42-54H2,1-3H3,(H,60,63)/b12-9+,18-15+,24-21-,27-25+,35-32-,41-38+. The highest BCUT2D eigenvalue weighted by atomic mass is 16.5. The van der Waals surface area contributed by atoms with Crippen molar-refractivity contribution in [1.82, 2.24) is 5.32 Å². The summed E-state index contributed by atoms with van der Waals surface area (Å²) in [6, 6.07) is -0.727. The van der Waals surface area contributed by atoms with Gasteiger partial charge in [-0.15, -0.1) is 0 Å². The molecule has 0 aromatic heterocycles. The Labute approximate surface area is 402 Å². The summed E-state index contributed by atoms with van der Waals surface area (Å²) in [5.41, 5.74) is 0. The van der Waals surface area contributed by atoms with E-state index in [0.29, 0.717) is 19.3 Å². The molecular formula is C59H105NO5. The van der Waals surface area contributed by atoms with E-state index in [1.807, 2.05) is 48.6 Å². The SMILES string of the molecule is CC/C=C/C=C/C=C\C=C/C=C/CCCC(CC(=O)NC(CO)C(O)CCCCCCCCCCCCCCCC)OC(=O)CCCCCCCCCCC/C=C/CCCCCCCC. The summed E-state index contributed by atoms with van der Waals surface area (Å²) >= 11 is 0. The Morgan fingerprint density at radius 3 is 1.32 bits per heavy atom. The first kappa shape index (κ1) is 62.3. The van der Waals surface area contributed by atoms with Gasteiger partial charge in [0.25, 0.3) is 0 Å². The van der Waals surface area contributed by atoms with Crippen LogP contribution in [0.15, 0.2) is 72.9 Å². The first-order chi connectivity index (χ1) is 32.0. The third-order valence-electron chi connectivity index (χ3n) is 12.4. The number of ether oxygens (including phenoxy) is 1. The first-order valence-corrected chi connectivity index (χ1v) is 27.7. The lowest BCUT2D eigenvalue weighted by Gasteiger charge is -2.24. The number of rotatable bonds is 49. The van der Waals surface area contributed by atoms with Crippen LogP contribution in [0.5, 0.6) is 0 Å². The van der Waals surface area contributed by atoms with Crippen molar-refractivity contribution in [2.75, 3.05) is 6.61 Å². The van der Waals surface area contributed by atoms with Crippen LogP contribution in [0.1, 0.15) is 265 Å². The molecule has 0 saturated carbocycles. The molecule has 0 bridgehead atoms. The fourth-order valence-corrected chi connectivity index (χ4v) is 8.22. The fourth-order valence-electron chi connectivity index (χ4n) is 8.22. The van der Waals surface area contributed by atoms with Gasteiger partial charge in [-0.1, -0.05) is 261 Å². The number of hydrogen-bond acceptors (Lipinski definition) is 5. The molecule has 0 aromatic rings. The summed E-state index contributed by atoms with van der Waals surface area (Å²) in [6.45, 7) is 6.33. The van der Waals surface area contributed by atoms with Crippen molar-refractivity contribution in [3.8, 4) is 0 Å². The average Bonchev–Trinajstić information content (AvgIpc) is 3.30. The van der Waals surface area contributed by atoms with Crippen LogP contribution in [0.2, 0.25) is 0 Å². The zero-order valence-electron chi connectivity index (χ0n) is 42.9. The number of nitrogens with one attached hydrogen (secondary N) is 1. The van der Waals surface area contributed by atoms with E-state index in [1.54, 1.807) is 0 Å². The van der Waals surface area contributed by atoms with Crippen molar-refractivity contribution in [2.45, 2.75) is 283 Å². The zero-order valence-corrected chi connectivity index (χ0v) is 42.9. The molecule has 0 heterocycles. The molecule has 0 aromatic carbocycles. The van der Waals surface area contributed by atoms with E-state index < -0.39 is 18.2 Å². The predicted octanol–water partition coefficient (Wildman–Crippen LogP) is 17.0. The lowest BCUT2D eigenvalue weighted by atomic mass is 10.0. The lowest BCUT2D eigenvalue weighted by Crippen LogP contribution is -2.46. The van der Waals surface area contributed by atoms with E-state index in [9.17, 15) is 19.8 Å². The number of carbonyl (C=O) groups is 2. The molecule has 0 aliphatic rings. The Kier molecular flexibility index (Phi) is 50.1. The number of aliphatic hydroxyl groups is 2. The maximum absolute atomic E-state index is 13.2. The smallest absolute Gasteiger partial charge is 0.306 e. The van der Waals surface area contributed by atoms with Gasteiger partial charge in [0.2, 0.25) is 5.91 Å². The molecule has 0 saturated heterocycles. The predicted molar refractivity (Wildman–Crippen MR) is 282 cm³/mol. The molecule has 0 spiro atoms. The maximum Gasteiger partial charge on any atom is 0.306 e. The van der Waals surface area contributed by atoms with Gasteiger partial charge in [0.05, 0.1) is 25.2 Å². The molecule has 3 atom stereocenters. The van der Waals surface area contributed by atoms with Crippen molar-refractivity contribution in [1.29, 1.82) is 0 Å². The molecule has 0 aliphatic carbocycles. The van der Waals surface area contributed by atoms with Crippen molar-refractivity contribution >= 4 is 11.9 Å². The number of aliphatic hydroxyl groups excluding tert-OH is 2. The highest BCUT2D eigenvalue weighted by Crippen LogP contribution is 2.17. The second kappa shape index (κ2) is 52.3. The summed E-state index contributed by atoms with van der Waals surface area (Å²) in [6.07, 6.45) is 66.9. The minimum atomic E-state index is -0.809. The minimum Gasteiger partial charge on any atom is -0.462 e. The Morgan fingerprint density at radius 2 is 0.862 bits per heavy atom. The number of unbranched alkanes of at least 4 members (excludes halogenated alkanes) is 29. The molecule has 3 unspecified atom stereocenters. The summed E-state index contributed by atoms with van der Waals surface area (Å²) < 4.78 is 5.91. The molecule has 6 heteroatoms. The van der Waals surface area contributed by atoms with Crippen molar-refractivity contribution < 1.29 is 24.5 Å². The third kappa shape index (κ3) is 47.6. The number of amides is 1. The second-order valence-electron chi connectivity index (χ2n) is 18.7. The molecule has 6 nitrogen and oxygen atoms in total. The average molecular weight is 908 g/mol. The van der Waals surface area contributed by atoms with E-state index >= 15 is 0 Å². The van der Waals surface area contributed by atoms with Crippen LogP contribution in [0, 0.1) is 0 Å². The molecule has 376 valence electrons. The minimum absolute atomic E-state index is 0.0265. The van der Waals surface area contributed by atoms with E-state index in [0.717, 1.165) is 57.8 Å². The van der Waals surface area contributed by atoms with Crippen LogP contribution in [-0.4, -0.2) is 46.9 Å². The van der Waals surface area contributed by atoms with Crippen molar-refractivity contribution in [3.63, 3.8) is 0 Å². The van der Waals surface area contributed by atoms with Gasteiger partial charge in [-0.25, -0.2) is 0 Å². The molecule has 65 heavy (non-hydrogen) atoms. The topological polar surface area (TPSA) is 95.9 Å². The summed E-state index contributed by atoms with van der Waals surface area (Å²) in [4.78, 5) is 26.2. The molecule has 3 N–H and O–H groups in total. The van der Waals surface area contributed by atoms with Gasteiger partial charge in [0.1, 0.15) is 6.10 Å². The summed E-state index contributed by atoms with van der Waals surface area (Å²) in [5, 5.41) is 23.8. The fraction of sp³-hybridized carbons (Fsp3) is 0.763. The third-order valence-corrected chi connectivity index (χ3v) is 12.4. The van der Waals surface area contributed by atoms with Crippen LogP contribution in [-0.2, 0) is 14.3 Å². The van der Waals surface area contributed by atoms with Crippen LogP contribution in [0.3, 0.4) is 0 Å². The Bertz CT molecular complexity index is 1200. The largest absolute Gasteiger partial charge is 0.462 e. The zero-order chi connectivity index (χ0) is 47.4. The number of hydrogen-bond donors (Lipinski definition) is 3. The van der Waals surface area contributed by atoms with Gasteiger partial charge >= 0.3 is 5.97 Å². The van der Waals surface area contributed by atoms with Crippen LogP contribution in [0.4, 0.5) is 0 Å². The van der Waals surface area contributed by atoms with Gasteiger partial charge in [0, 0.05) is 6.42 Å².